The van der Waals surface area contributed by atoms with Gasteiger partial charge in [0, 0.05) is 10.6 Å². The molecule has 0 unspecified atom stereocenters. The number of hydrogen-bond acceptors (Lipinski definition) is 3. The molecule has 0 fully saturated rings. The van der Waals surface area contributed by atoms with Gasteiger partial charge >= 0.3 is 0 Å². The van der Waals surface area contributed by atoms with Crippen LogP contribution in [0, 0.1) is 11.3 Å². The summed E-state index contributed by atoms with van der Waals surface area (Å²) in [6.45, 7) is 0. The molecule has 0 N–H and O–H groups in total. The fourth-order valence-electron chi connectivity index (χ4n) is 2.21. The van der Waals surface area contributed by atoms with Crippen LogP contribution in [0.3, 0.4) is 0 Å². The average molecular weight is 252 g/mol. The van der Waals surface area contributed by atoms with Crippen molar-refractivity contribution in [1.29, 1.82) is 5.26 Å². The molecule has 0 aliphatic heterocycles. The van der Waals surface area contributed by atoms with E-state index in [1.54, 1.807) is 11.8 Å². The Kier molecular flexibility index (Phi) is 3.04. The van der Waals surface area contributed by atoms with Gasteiger partial charge < -0.3 is 0 Å². The van der Waals surface area contributed by atoms with E-state index in [1.807, 2.05) is 36.4 Å². The summed E-state index contributed by atoms with van der Waals surface area (Å²) in [7, 11) is 0. The molecule has 0 amide bonds. The van der Waals surface area contributed by atoms with Crippen LogP contribution < -0.4 is 0 Å². The Balaban J connectivity index is 1.99. The molecule has 0 radical (unpaired) electrons. The number of benzene rings is 1. The Morgan fingerprint density at radius 3 is 2.78 bits per heavy atom. The number of aromatic nitrogens is 1. The Bertz CT molecular complexity index is 614. The third kappa shape index (κ3) is 2.12. The molecule has 88 valence electrons. The zero-order valence-electron chi connectivity index (χ0n) is 9.89. The summed E-state index contributed by atoms with van der Waals surface area (Å²) in [5.41, 5.74) is 3.13. The molecule has 2 aromatic rings. The van der Waals surface area contributed by atoms with Crippen molar-refractivity contribution in [3.8, 4) is 6.07 Å². The minimum absolute atomic E-state index is 0.699. The number of rotatable bonds is 2. The van der Waals surface area contributed by atoms with Crippen LogP contribution in [0.4, 0.5) is 0 Å². The first-order chi connectivity index (χ1) is 8.86. The first-order valence-corrected chi connectivity index (χ1v) is 6.84. The lowest BCUT2D eigenvalue weighted by molar-refractivity contribution is 0.891. The van der Waals surface area contributed by atoms with E-state index in [1.165, 1.54) is 11.3 Å². The molecule has 18 heavy (non-hydrogen) atoms. The Labute approximate surface area is 111 Å². The first kappa shape index (κ1) is 11.3. The van der Waals surface area contributed by atoms with Gasteiger partial charge in [-0.2, -0.15) is 5.26 Å². The highest BCUT2D eigenvalue weighted by Crippen LogP contribution is 2.32. The third-order valence-electron chi connectivity index (χ3n) is 3.09. The van der Waals surface area contributed by atoms with Gasteiger partial charge in [0.2, 0.25) is 0 Å². The van der Waals surface area contributed by atoms with Crippen LogP contribution in [0.25, 0.3) is 0 Å². The molecule has 0 spiro atoms. The lowest BCUT2D eigenvalue weighted by Gasteiger charge is -2.06. The van der Waals surface area contributed by atoms with E-state index in [0.29, 0.717) is 5.56 Å². The van der Waals surface area contributed by atoms with Crippen molar-refractivity contribution in [3.05, 3.63) is 53.2 Å². The van der Waals surface area contributed by atoms with E-state index in [-0.39, 0.29) is 0 Å². The van der Waals surface area contributed by atoms with E-state index < -0.39 is 0 Å². The fraction of sp³-hybridized carbons (Fsp3) is 0.200. The Morgan fingerprint density at radius 2 is 2.00 bits per heavy atom. The van der Waals surface area contributed by atoms with Crippen LogP contribution >= 0.6 is 11.8 Å². The van der Waals surface area contributed by atoms with Crippen molar-refractivity contribution in [1.82, 2.24) is 4.98 Å². The van der Waals surface area contributed by atoms with Gasteiger partial charge in [-0.05, 0) is 43.0 Å². The first-order valence-electron chi connectivity index (χ1n) is 6.02. The van der Waals surface area contributed by atoms with Gasteiger partial charge in [0.15, 0.2) is 0 Å². The lowest BCUT2D eigenvalue weighted by atomic mass is 10.2. The van der Waals surface area contributed by atoms with Crippen LogP contribution in [0.2, 0.25) is 0 Å². The maximum atomic E-state index is 9.22. The summed E-state index contributed by atoms with van der Waals surface area (Å²) in [5.74, 6) is 0. The summed E-state index contributed by atoms with van der Waals surface area (Å²) in [5, 5.41) is 10.1. The molecule has 1 heterocycles. The molecule has 0 saturated carbocycles. The van der Waals surface area contributed by atoms with E-state index in [9.17, 15) is 5.26 Å². The van der Waals surface area contributed by atoms with Crippen molar-refractivity contribution in [3.63, 3.8) is 0 Å². The van der Waals surface area contributed by atoms with Crippen LogP contribution in [0.1, 0.15) is 23.2 Å². The van der Waals surface area contributed by atoms with Crippen LogP contribution in [0.5, 0.6) is 0 Å². The van der Waals surface area contributed by atoms with Crippen LogP contribution in [0.15, 0.2) is 46.3 Å². The fourth-order valence-corrected chi connectivity index (χ4v) is 3.10. The highest BCUT2D eigenvalue weighted by molar-refractivity contribution is 7.99. The van der Waals surface area contributed by atoms with Gasteiger partial charge in [0.1, 0.15) is 11.1 Å². The highest BCUT2D eigenvalue weighted by atomic mass is 32.2. The van der Waals surface area contributed by atoms with E-state index in [2.05, 4.69) is 11.1 Å². The zero-order valence-corrected chi connectivity index (χ0v) is 10.7. The van der Waals surface area contributed by atoms with Crippen LogP contribution in [-0.4, -0.2) is 4.98 Å². The molecule has 3 rings (SSSR count). The average Bonchev–Trinajstić information content (AvgIpc) is 2.86. The van der Waals surface area contributed by atoms with Crippen LogP contribution in [-0.2, 0) is 12.8 Å². The molecule has 1 aromatic heterocycles. The maximum Gasteiger partial charge on any atom is 0.119 e. The second kappa shape index (κ2) is 4.83. The predicted octanol–water partition coefficient (Wildman–Crippen LogP) is 3.59. The monoisotopic (exact) mass is 252 g/mol. The van der Waals surface area contributed by atoms with E-state index >= 15 is 0 Å². The summed E-state index contributed by atoms with van der Waals surface area (Å²) >= 11 is 1.57. The lowest BCUT2D eigenvalue weighted by Crippen LogP contribution is -1.94. The van der Waals surface area contributed by atoms with Crippen molar-refractivity contribution in [2.24, 2.45) is 0 Å². The zero-order chi connectivity index (χ0) is 12.4. The molecule has 3 heteroatoms. The van der Waals surface area contributed by atoms with Crippen molar-refractivity contribution >= 4 is 11.8 Å². The van der Waals surface area contributed by atoms with Crippen molar-refractivity contribution in [2.45, 2.75) is 29.2 Å². The quantitative estimate of drug-likeness (QED) is 0.819. The van der Waals surface area contributed by atoms with Crippen molar-refractivity contribution in [2.75, 3.05) is 0 Å². The number of fused-ring (bicyclic) bond motifs is 1. The molecule has 0 atom stereocenters. The molecule has 1 aliphatic carbocycles. The number of pyridine rings is 1. The smallest absolute Gasteiger partial charge is 0.119 e. The molecule has 0 bridgehead atoms. The summed E-state index contributed by atoms with van der Waals surface area (Å²) < 4.78 is 0. The normalized spacial score (nSPS) is 13.1. The molecule has 1 aromatic carbocycles. The summed E-state index contributed by atoms with van der Waals surface area (Å²) in [6.07, 6.45) is 3.27. The third-order valence-corrected chi connectivity index (χ3v) is 4.11. The molecule has 0 saturated heterocycles. The van der Waals surface area contributed by atoms with Gasteiger partial charge in [-0.25, -0.2) is 4.98 Å². The Morgan fingerprint density at radius 1 is 1.17 bits per heavy atom. The summed E-state index contributed by atoms with van der Waals surface area (Å²) in [4.78, 5) is 5.78. The van der Waals surface area contributed by atoms with Gasteiger partial charge in [0.25, 0.3) is 0 Å². The predicted molar refractivity (Wildman–Crippen MR) is 71.5 cm³/mol. The largest absolute Gasteiger partial charge is 0.244 e. The van der Waals surface area contributed by atoms with Gasteiger partial charge in [0.05, 0.1) is 5.56 Å². The highest BCUT2D eigenvalue weighted by Gasteiger charge is 2.16. The standard InChI is InChI=1S/C15H12N2S/c16-10-12-9-11-5-4-8-14(11)17-15(12)18-13-6-2-1-3-7-13/h1-3,6-7,9H,4-5,8H2. The minimum Gasteiger partial charge on any atom is -0.244 e. The Hall–Kier alpha value is -1.79. The second-order valence-corrected chi connectivity index (χ2v) is 5.39. The SMILES string of the molecule is N#Cc1cc2c(nc1Sc1ccccc1)CCC2. The van der Waals surface area contributed by atoms with E-state index in [4.69, 9.17) is 0 Å². The molecular formula is C15H12N2S. The van der Waals surface area contributed by atoms with Gasteiger partial charge in [-0.15, -0.1) is 0 Å². The number of hydrogen-bond donors (Lipinski definition) is 0. The molecule has 1 aliphatic rings. The topological polar surface area (TPSA) is 36.7 Å². The number of aryl methyl sites for hydroxylation is 2. The molecule has 2 nitrogen and oxygen atoms in total. The van der Waals surface area contributed by atoms with Gasteiger partial charge in [-0.1, -0.05) is 30.0 Å². The van der Waals surface area contributed by atoms with Crippen molar-refractivity contribution < 1.29 is 0 Å². The minimum atomic E-state index is 0.699. The second-order valence-electron chi connectivity index (χ2n) is 4.33. The van der Waals surface area contributed by atoms with E-state index in [0.717, 1.165) is 29.2 Å². The van der Waals surface area contributed by atoms with Gasteiger partial charge in [-0.3, -0.25) is 0 Å². The maximum absolute atomic E-state index is 9.22. The molecular weight excluding hydrogens is 240 g/mol. The summed E-state index contributed by atoms with van der Waals surface area (Å²) in [6, 6.07) is 14.4. The number of nitriles is 1. The number of nitrogens with zero attached hydrogens (tertiary/aromatic N) is 2.